The summed E-state index contributed by atoms with van der Waals surface area (Å²) < 4.78 is 11.4. The molecule has 0 unspecified atom stereocenters. The number of pyridine rings is 1. The first-order valence-electron chi connectivity index (χ1n) is 11.2. The molecule has 2 amide bonds. The van der Waals surface area contributed by atoms with Gasteiger partial charge in [0.1, 0.15) is 22.1 Å². The Morgan fingerprint density at radius 3 is 2.69 bits per heavy atom. The van der Waals surface area contributed by atoms with Crippen molar-refractivity contribution in [3.8, 4) is 22.9 Å². The van der Waals surface area contributed by atoms with E-state index in [2.05, 4.69) is 26.8 Å². The number of nitrogens with zero attached hydrogens (tertiary/aromatic N) is 3. The van der Waals surface area contributed by atoms with E-state index in [1.165, 1.54) is 12.3 Å². The van der Waals surface area contributed by atoms with Gasteiger partial charge in [0, 0.05) is 36.0 Å². The molecule has 36 heavy (non-hydrogen) atoms. The summed E-state index contributed by atoms with van der Waals surface area (Å²) in [5.74, 6) is 1.03. The van der Waals surface area contributed by atoms with Crippen molar-refractivity contribution >= 4 is 40.3 Å². The third-order valence-electron chi connectivity index (χ3n) is 5.64. The van der Waals surface area contributed by atoms with Crippen LogP contribution >= 0.6 is 11.6 Å². The van der Waals surface area contributed by atoms with E-state index in [0.717, 1.165) is 5.56 Å². The average molecular weight is 504 g/mol. The van der Waals surface area contributed by atoms with Gasteiger partial charge in [-0.3, -0.25) is 9.59 Å². The molecule has 0 spiro atoms. The van der Waals surface area contributed by atoms with Gasteiger partial charge in [0.15, 0.2) is 11.4 Å². The molecule has 0 bridgehead atoms. The lowest BCUT2D eigenvalue weighted by Gasteiger charge is -2.26. The molecule has 0 radical (unpaired) electrons. The van der Waals surface area contributed by atoms with Gasteiger partial charge in [-0.15, -0.1) is 0 Å². The minimum atomic E-state index is -0.327. The summed E-state index contributed by atoms with van der Waals surface area (Å²) in [6.45, 7) is 5.73. The lowest BCUT2D eigenvalue weighted by Crippen LogP contribution is -2.40. The maximum atomic E-state index is 12.7. The van der Waals surface area contributed by atoms with E-state index >= 15 is 0 Å². The van der Waals surface area contributed by atoms with Gasteiger partial charge in [-0.25, -0.2) is 9.97 Å². The van der Waals surface area contributed by atoms with E-state index in [1.54, 1.807) is 41.3 Å². The van der Waals surface area contributed by atoms with Gasteiger partial charge in [-0.1, -0.05) is 36.4 Å². The lowest BCUT2D eigenvalue weighted by molar-refractivity contribution is -0.111. The number of fused-ring (bicyclic) bond motifs is 1. The van der Waals surface area contributed by atoms with Gasteiger partial charge in [0.2, 0.25) is 5.91 Å². The van der Waals surface area contributed by atoms with Crippen molar-refractivity contribution in [2.45, 2.75) is 0 Å². The number of benzene rings is 2. The third kappa shape index (κ3) is 4.93. The predicted molar refractivity (Wildman–Crippen MR) is 136 cm³/mol. The molecule has 0 atom stereocenters. The Labute approximate surface area is 211 Å². The topological polar surface area (TPSA) is 109 Å². The highest BCUT2D eigenvalue weighted by molar-refractivity contribution is 6.32. The minimum absolute atomic E-state index is 0.0231. The zero-order valence-corrected chi connectivity index (χ0v) is 19.9. The summed E-state index contributed by atoms with van der Waals surface area (Å²) in [7, 11) is 0. The fraction of sp³-hybridized carbons (Fsp3) is 0.154. The number of nitrogens with one attached hydrogen (secondary N) is 2. The second-order valence-electron chi connectivity index (χ2n) is 8.02. The second-order valence-corrected chi connectivity index (χ2v) is 8.43. The standard InChI is InChI=1S/C26H22ClN5O4/c1-2-21(33)29-18-4-3-5-19(14-18)36-23-20(27)15-28-25-22(23)30-24(31-25)16-6-8-17(9-7-16)26(34)32-10-12-35-13-11-32/h2-9,14-15H,1,10-13H2,(H,29,33)(H,28,30,31). The summed E-state index contributed by atoms with van der Waals surface area (Å²) >= 11 is 6.42. The quantitative estimate of drug-likeness (QED) is 0.370. The van der Waals surface area contributed by atoms with Crippen LogP contribution in [0.1, 0.15) is 10.4 Å². The largest absolute Gasteiger partial charge is 0.453 e. The summed E-state index contributed by atoms with van der Waals surface area (Å²) in [5, 5.41) is 2.99. The molecule has 2 aromatic carbocycles. The van der Waals surface area contributed by atoms with Crippen LogP contribution in [0.25, 0.3) is 22.6 Å². The van der Waals surface area contributed by atoms with Crippen molar-refractivity contribution in [2.24, 2.45) is 0 Å². The Kier molecular flexibility index (Phi) is 6.66. The molecule has 2 N–H and O–H groups in total. The highest BCUT2D eigenvalue weighted by atomic mass is 35.5. The van der Waals surface area contributed by atoms with Crippen LogP contribution in [0.3, 0.4) is 0 Å². The predicted octanol–water partition coefficient (Wildman–Crippen LogP) is 4.67. The van der Waals surface area contributed by atoms with Gasteiger partial charge >= 0.3 is 0 Å². The Morgan fingerprint density at radius 1 is 1.17 bits per heavy atom. The van der Waals surface area contributed by atoms with E-state index in [9.17, 15) is 9.59 Å². The van der Waals surface area contributed by atoms with E-state index in [-0.39, 0.29) is 11.8 Å². The van der Waals surface area contributed by atoms with Crippen LogP contribution in [0.4, 0.5) is 5.69 Å². The number of rotatable bonds is 6. The monoisotopic (exact) mass is 503 g/mol. The first kappa shape index (κ1) is 23.5. The molecule has 5 rings (SSSR count). The Morgan fingerprint density at radius 2 is 1.94 bits per heavy atom. The number of aromatic nitrogens is 3. The summed E-state index contributed by atoms with van der Waals surface area (Å²) in [4.78, 5) is 38.2. The molecule has 4 aromatic rings. The van der Waals surface area contributed by atoms with Crippen LogP contribution in [0.15, 0.2) is 67.4 Å². The average Bonchev–Trinajstić information content (AvgIpc) is 3.35. The number of H-pyrrole nitrogens is 1. The van der Waals surface area contributed by atoms with Gasteiger partial charge < -0.3 is 24.7 Å². The molecule has 10 heteroatoms. The first-order chi connectivity index (χ1) is 17.5. The number of anilines is 1. The number of morpholine rings is 1. The molecular weight excluding hydrogens is 482 g/mol. The fourth-order valence-electron chi connectivity index (χ4n) is 3.82. The fourth-order valence-corrected chi connectivity index (χ4v) is 4.00. The molecule has 3 heterocycles. The number of hydrogen-bond acceptors (Lipinski definition) is 6. The van der Waals surface area contributed by atoms with Gasteiger partial charge in [0.05, 0.1) is 19.4 Å². The number of carbonyl (C=O) groups excluding carboxylic acids is 2. The normalized spacial score (nSPS) is 13.4. The summed E-state index contributed by atoms with van der Waals surface area (Å²) in [6, 6.07) is 14.1. The molecule has 0 saturated carbocycles. The summed E-state index contributed by atoms with van der Waals surface area (Å²) in [6.07, 6.45) is 2.66. The molecule has 1 fully saturated rings. The van der Waals surface area contributed by atoms with Crippen LogP contribution in [0.2, 0.25) is 5.02 Å². The van der Waals surface area contributed by atoms with Crippen molar-refractivity contribution in [3.05, 3.63) is 78.0 Å². The maximum Gasteiger partial charge on any atom is 0.254 e. The minimum Gasteiger partial charge on any atom is -0.453 e. The molecule has 1 aliphatic heterocycles. The SMILES string of the molecule is C=CC(=O)Nc1cccc(Oc2c(Cl)cnc3nc(-c4ccc(C(=O)N5CCOCC5)cc4)[nH]c23)c1. The van der Waals surface area contributed by atoms with E-state index in [1.807, 2.05) is 12.1 Å². The molecule has 2 aromatic heterocycles. The first-order valence-corrected chi connectivity index (χ1v) is 11.6. The van der Waals surface area contributed by atoms with Crippen molar-refractivity contribution < 1.29 is 19.1 Å². The Hall–Kier alpha value is -4.21. The molecular formula is C26H22ClN5O4. The van der Waals surface area contributed by atoms with E-state index in [0.29, 0.717) is 71.1 Å². The van der Waals surface area contributed by atoms with Gasteiger partial charge in [-0.2, -0.15) is 0 Å². The Balaban J connectivity index is 1.41. The van der Waals surface area contributed by atoms with Crippen molar-refractivity contribution in [1.82, 2.24) is 19.9 Å². The molecule has 1 aliphatic rings. The highest BCUT2D eigenvalue weighted by Crippen LogP contribution is 2.36. The Bertz CT molecular complexity index is 1440. The smallest absolute Gasteiger partial charge is 0.254 e. The van der Waals surface area contributed by atoms with Gasteiger partial charge in [-0.05, 0) is 30.3 Å². The van der Waals surface area contributed by atoms with Crippen LogP contribution in [0.5, 0.6) is 11.5 Å². The van der Waals surface area contributed by atoms with Crippen LogP contribution in [-0.2, 0) is 9.53 Å². The van der Waals surface area contributed by atoms with Crippen LogP contribution in [-0.4, -0.2) is 58.0 Å². The maximum absolute atomic E-state index is 12.7. The van der Waals surface area contributed by atoms with Crippen LogP contribution in [0, 0.1) is 0 Å². The number of ether oxygens (including phenoxy) is 2. The number of hydrogen-bond donors (Lipinski definition) is 2. The van der Waals surface area contributed by atoms with Crippen molar-refractivity contribution in [1.29, 1.82) is 0 Å². The van der Waals surface area contributed by atoms with Crippen molar-refractivity contribution in [2.75, 3.05) is 31.6 Å². The number of imidazole rings is 1. The zero-order chi connectivity index (χ0) is 25.1. The van der Waals surface area contributed by atoms with E-state index in [4.69, 9.17) is 21.1 Å². The van der Waals surface area contributed by atoms with E-state index < -0.39 is 0 Å². The summed E-state index contributed by atoms with van der Waals surface area (Å²) in [5.41, 5.74) is 2.88. The number of carbonyl (C=O) groups is 2. The third-order valence-corrected chi connectivity index (χ3v) is 5.91. The number of halogens is 1. The molecule has 0 aliphatic carbocycles. The molecule has 182 valence electrons. The van der Waals surface area contributed by atoms with Crippen LogP contribution < -0.4 is 10.1 Å². The van der Waals surface area contributed by atoms with Crippen molar-refractivity contribution in [3.63, 3.8) is 0 Å². The molecule has 1 saturated heterocycles. The molecule has 9 nitrogen and oxygen atoms in total. The number of amides is 2. The zero-order valence-electron chi connectivity index (χ0n) is 19.2. The lowest BCUT2D eigenvalue weighted by atomic mass is 10.1. The number of aromatic amines is 1. The second kappa shape index (κ2) is 10.2. The highest BCUT2D eigenvalue weighted by Gasteiger charge is 2.19. The van der Waals surface area contributed by atoms with Gasteiger partial charge in [0.25, 0.3) is 5.91 Å².